The molecule has 1 unspecified atom stereocenters. The van der Waals surface area contributed by atoms with Gasteiger partial charge in [0, 0.05) is 19.3 Å². The van der Waals surface area contributed by atoms with Crippen LogP contribution >= 0.6 is 0 Å². The van der Waals surface area contributed by atoms with Gasteiger partial charge >= 0.3 is 17.9 Å². The quantitative estimate of drug-likeness (QED) is 0.0261. The summed E-state index contributed by atoms with van der Waals surface area (Å²) >= 11 is 0. The summed E-state index contributed by atoms with van der Waals surface area (Å²) in [6.07, 6.45) is 97.9. The molecule has 0 rings (SSSR count). The van der Waals surface area contributed by atoms with Crippen LogP contribution in [-0.2, 0) is 28.6 Å². The van der Waals surface area contributed by atoms with E-state index in [1.54, 1.807) is 0 Å². The van der Waals surface area contributed by atoms with Crippen LogP contribution in [0.5, 0.6) is 0 Å². The summed E-state index contributed by atoms with van der Waals surface area (Å²) in [5.41, 5.74) is 0. The third-order valence-electron chi connectivity index (χ3n) is 14.4. The average Bonchev–Trinajstić information content (AvgIpc) is 3.47. The fraction of sp³-hybridized carbons (Fsp3) is 0.671. The minimum Gasteiger partial charge on any atom is -0.462 e. The highest BCUT2D eigenvalue weighted by Gasteiger charge is 2.19. The first-order valence-electron chi connectivity index (χ1n) is 34.2. The van der Waals surface area contributed by atoms with Gasteiger partial charge in [-0.25, -0.2) is 0 Å². The summed E-state index contributed by atoms with van der Waals surface area (Å²) < 4.78 is 16.8. The van der Waals surface area contributed by atoms with Gasteiger partial charge in [-0.2, -0.15) is 0 Å². The Hall–Kier alpha value is -4.45. The Morgan fingerprint density at radius 3 is 0.744 bits per heavy atom. The largest absolute Gasteiger partial charge is 0.462 e. The molecule has 0 bridgehead atoms. The monoisotopic (exact) mass is 1130 g/mol. The number of carbonyl (C=O) groups excluding carboxylic acids is 3. The van der Waals surface area contributed by atoms with Gasteiger partial charge in [-0.05, 0) is 116 Å². The molecule has 6 heteroatoms. The molecule has 466 valence electrons. The van der Waals surface area contributed by atoms with E-state index in [0.29, 0.717) is 19.3 Å². The predicted molar refractivity (Wildman–Crippen MR) is 357 cm³/mol. The zero-order valence-corrected chi connectivity index (χ0v) is 53.5. The standard InChI is InChI=1S/C76H126O6/c1-4-7-10-13-16-18-20-22-24-26-28-30-32-34-36-38-40-42-44-46-48-50-52-54-56-58-60-63-66-69-75(78)81-72-73(71-80-74(77)68-65-62-15-12-9-6-3)82-76(79)70-67-64-61-59-57-55-53-51-49-47-45-43-41-39-37-35-33-31-29-27-25-23-21-19-17-14-11-8-5-2/h7-8,10-11,16-19,22-25,28-31,34,36,40,42,46,48,73H,4-6,9,12-15,20-21,26-27,32-33,35,37-39,41,43-45,47,49-72H2,1-3H3/b10-7-,11-8-,18-16-,19-17-,24-22-,25-23-,30-28-,31-29-,36-34-,42-40-,48-46-. The van der Waals surface area contributed by atoms with Gasteiger partial charge in [-0.1, -0.05) is 309 Å². The van der Waals surface area contributed by atoms with Crippen molar-refractivity contribution in [1.29, 1.82) is 0 Å². The Bertz CT molecular complexity index is 1730. The smallest absolute Gasteiger partial charge is 0.306 e. The zero-order valence-electron chi connectivity index (χ0n) is 53.5. The Labute approximate surface area is 506 Å². The molecule has 0 aromatic heterocycles. The van der Waals surface area contributed by atoms with Crippen LogP contribution in [0.15, 0.2) is 134 Å². The first-order valence-corrected chi connectivity index (χ1v) is 34.2. The van der Waals surface area contributed by atoms with Gasteiger partial charge < -0.3 is 14.2 Å². The number of rotatable bonds is 61. The van der Waals surface area contributed by atoms with Crippen molar-refractivity contribution >= 4 is 17.9 Å². The number of ether oxygens (including phenoxy) is 3. The SMILES string of the molecule is CC/C=C\C/C=C\C/C=C\C/C=C\C/C=C\C/C=C\C/C=C\CCCCCCCCCC(=O)OCC(COC(=O)CCCCCCCC)OC(=O)CCCCCCCCCCCCCCCCCC/C=C\C/C=C\C/C=C\C/C=C\CC. The predicted octanol–water partition coefficient (Wildman–Crippen LogP) is 23.7. The molecule has 0 aliphatic heterocycles. The van der Waals surface area contributed by atoms with Crippen LogP contribution in [0.2, 0.25) is 0 Å². The van der Waals surface area contributed by atoms with Crippen molar-refractivity contribution < 1.29 is 28.6 Å². The van der Waals surface area contributed by atoms with E-state index in [0.717, 1.165) is 135 Å². The first kappa shape index (κ1) is 77.5. The zero-order chi connectivity index (χ0) is 59.2. The first-order chi connectivity index (χ1) is 40.5. The highest BCUT2D eigenvalue weighted by atomic mass is 16.6. The maximum atomic E-state index is 12.9. The van der Waals surface area contributed by atoms with Gasteiger partial charge in [-0.15, -0.1) is 0 Å². The van der Waals surface area contributed by atoms with E-state index < -0.39 is 6.10 Å². The Morgan fingerprint density at radius 2 is 0.476 bits per heavy atom. The van der Waals surface area contributed by atoms with E-state index in [1.807, 2.05) is 0 Å². The maximum absolute atomic E-state index is 12.9. The molecular weight excluding hydrogens is 1010 g/mol. The molecule has 0 N–H and O–H groups in total. The Morgan fingerprint density at radius 1 is 0.256 bits per heavy atom. The Kier molecular flexibility index (Phi) is 65.3. The van der Waals surface area contributed by atoms with E-state index in [-0.39, 0.29) is 31.1 Å². The normalized spacial score (nSPS) is 13.0. The lowest BCUT2D eigenvalue weighted by molar-refractivity contribution is -0.167. The highest BCUT2D eigenvalue weighted by Crippen LogP contribution is 2.17. The van der Waals surface area contributed by atoms with Crippen molar-refractivity contribution in [1.82, 2.24) is 0 Å². The fourth-order valence-corrected chi connectivity index (χ4v) is 9.36. The van der Waals surface area contributed by atoms with Crippen molar-refractivity contribution in [3.63, 3.8) is 0 Å². The summed E-state index contributed by atoms with van der Waals surface area (Å²) in [5.74, 6) is -0.897. The molecule has 0 spiro atoms. The van der Waals surface area contributed by atoms with Crippen LogP contribution in [0.25, 0.3) is 0 Å². The fourth-order valence-electron chi connectivity index (χ4n) is 9.36. The van der Waals surface area contributed by atoms with Crippen LogP contribution in [0, 0.1) is 0 Å². The number of carbonyl (C=O) groups is 3. The average molecular weight is 1140 g/mol. The number of unbranched alkanes of at least 4 members (excludes halogenated alkanes) is 28. The Balaban J connectivity index is 4.09. The lowest BCUT2D eigenvalue weighted by Crippen LogP contribution is -2.30. The molecule has 0 radical (unpaired) electrons. The third kappa shape index (κ3) is 66.4. The topological polar surface area (TPSA) is 78.9 Å². The van der Waals surface area contributed by atoms with Gasteiger partial charge in [0.1, 0.15) is 13.2 Å². The summed E-state index contributed by atoms with van der Waals surface area (Å²) in [5, 5.41) is 0. The molecule has 1 atom stereocenters. The number of allylic oxidation sites excluding steroid dienone is 22. The van der Waals surface area contributed by atoms with E-state index in [1.165, 1.54) is 135 Å². The minimum absolute atomic E-state index is 0.0822. The third-order valence-corrected chi connectivity index (χ3v) is 14.4. The van der Waals surface area contributed by atoms with Gasteiger partial charge in [0.25, 0.3) is 0 Å². The molecule has 0 saturated heterocycles. The van der Waals surface area contributed by atoms with E-state index in [4.69, 9.17) is 14.2 Å². The van der Waals surface area contributed by atoms with Crippen LogP contribution in [0.3, 0.4) is 0 Å². The van der Waals surface area contributed by atoms with Gasteiger partial charge in [-0.3, -0.25) is 14.4 Å². The van der Waals surface area contributed by atoms with E-state index in [9.17, 15) is 14.4 Å². The highest BCUT2D eigenvalue weighted by molar-refractivity contribution is 5.71. The molecule has 0 amide bonds. The van der Waals surface area contributed by atoms with Crippen LogP contribution < -0.4 is 0 Å². The summed E-state index contributed by atoms with van der Waals surface area (Å²) in [6.45, 7) is 6.36. The molecular formula is C76H126O6. The van der Waals surface area contributed by atoms with Crippen molar-refractivity contribution in [2.75, 3.05) is 13.2 Å². The number of hydrogen-bond donors (Lipinski definition) is 0. The summed E-state index contributed by atoms with van der Waals surface area (Å²) in [6, 6.07) is 0. The molecule has 0 saturated carbocycles. The number of hydrogen-bond acceptors (Lipinski definition) is 6. The molecule has 6 nitrogen and oxygen atoms in total. The second-order valence-corrected chi connectivity index (χ2v) is 22.3. The molecule has 0 aliphatic rings. The second-order valence-electron chi connectivity index (χ2n) is 22.3. The molecule has 0 aromatic rings. The van der Waals surface area contributed by atoms with Crippen LogP contribution in [0.4, 0.5) is 0 Å². The summed E-state index contributed by atoms with van der Waals surface area (Å²) in [4.78, 5) is 38.1. The lowest BCUT2D eigenvalue weighted by Gasteiger charge is -2.18. The molecule has 0 fully saturated rings. The van der Waals surface area contributed by atoms with Crippen molar-refractivity contribution in [2.24, 2.45) is 0 Å². The van der Waals surface area contributed by atoms with Crippen LogP contribution in [-0.4, -0.2) is 37.2 Å². The second kappa shape index (κ2) is 69.0. The van der Waals surface area contributed by atoms with Crippen molar-refractivity contribution in [2.45, 2.75) is 316 Å². The molecule has 82 heavy (non-hydrogen) atoms. The summed E-state index contributed by atoms with van der Waals surface area (Å²) in [7, 11) is 0. The van der Waals surface area contributed by atoms with Crippen molar-refractivity contribution in [3.8, 4) is 0 Å². The van der Waals surface area contributed by atoms with Gasteiger partial charge in [0.15, 0.2) is 6.10 Å². The molecule has 0 heterocycles. The van der Waals surface area contributed by atoms with E-state index >= 15 is 0 Å². The number of esters is 3. The van der Waals surface area contributed by atoms with Gasteiger partial charge in [0.05, 0.1) is 0 Å². The van der Waals surface area contributed by atoms with Crippen LogP contribution in [0.1, 0.15) is 310 Å². The van der Waals surface area contributed by atoms with Gasteiger partial charge in [0.2, 0.25) is 0 Å². The molecule has 0 aromatic carbocycles. The minimum atomic E-state index is -0.783. The lowest BCUT2D eigenvalue weighted by atomic mass is 10.0. The van der Waals surface area contributed by atoms with E-state index in [2.05, 4.69) is 154 Å². The maximum Gasteiger partial charge on any atom is 0.306 e. The molecule has 0 aliphatic carbocycles. The van der Waals surface area contributed by atoms with Crippen molar-refractivity contribution in [3.05, 3.63) is 134 Å².